The van der Waals surface area contributed by atoms with Gasteiger partial charge in [-0.05, 0) is 68.7 Å². The lowest BCUT2D eigenvalue weighted by atomic mass is 9.67. The number of piperazine rings is 1. The minimum Gasteiger partial charge on any atom is -0.374 e. The van der Waals surface area contributed by atoms with Crippen LogP contribution in [0.5, 0.6) is 0 Å². The topological polar surface area (TPSA) is 174 Å². The van der Waals surface area contributed by atoms with E-state index in [-0.39, 0.29) is 36.9 Å². The molecule has 4 aliphatic heterocycles. The first-order valence-corrected chi connectivity index (χ1v) is 28.5. The second-order valence-electron chi connectivity index (χ2n) is 22.2. The van der Waals surface area contributed by atoms with Crippen molar-refractivity contribution in [2.24, 2.45) is 11.3 Å². The van der Waals surface area contributed by atoms with Crippen molar-refractivity contribution in [3.05, 3.63) is 73.6 Å². The number of aromatic nitrogens is 4. The van der Waals surface area contributed by atoms with Gasteiger partial charge in [0.05, 0.1) is 44.4 Å². The van der Waals surface area contributed by atoms with E-state index >= 15 is 0 Å². The summed E-state index contributed by atoms with van der Waals surface area (Å²) < 4.78 is 8.96. The van der Waals surface area contributed by atoms with Crippen LogP contribution in [0, 0.1) is 16.2 Å². The van der Waals surface area contributed by atoms with Crippen molar-refractivity contribution in [3.63, 3.8) is 0 Å². The fraction of sp³-hybridized carbons (Fsp3) is 0.593. The highest BCUT2D eigenvalue weighted by molar-refractivity contribution is 7.10. The molecule has 18 nitrogen and oxygen atoms in total. The second kappa shape index (κ2) is 20.5. The molecule has 6 aliphatic rings. The SMILES string of the molecule is CCn1c2c3c4cc(ccc41)-c1csc(n1)C[C@H](NC(=O)[C@H](C(C)C)N(C)C(=O)N1CCC[C@@H]1Cc1cncs1)C(=O)N1CCC[C@H](N1)[N+](=O)OCC(C)(C)C3[C@H](OC)c1ncc(N3CCN(C4CC4)CC3)cc1-2. The predicted octanol–water partition coefficient (Wildman–Crippen LogP) is 7.39. The molecule has 6 atom stereocenters. The Bertz CT molecular complexity index is 2910. The summed E-state index contributed by atoms with van der Waals surface area (Å²) in [6.07, 6.45) is 8.65. The largest absolute Gasteiger partial charge is 0.374 e. The van der Waals surface area contributed by atoms with Crippen molar-refractivity contribution < 1.29 is 28.9 Å². The number of ether oxygens (including phenoxy) is 1. The number of hydrogen-bond acceptors (Lipinski definition) is 14. The first-order chi connectivity index (χ1) is 35.7. The van der Waals surface area contributed by atoms with E-state index in [2.05, 4.69) is 75.1 Å². The number of amides is 4. The molecular formula is C54H71N12O6S2+. The van der Waals surface area contributed by atoms with E-state index in [0.29, 0.717) is 48.8 Å². The Morgan fingerprint density at radius 1 is 1.04 bits per heavy atom. The number of pyridine rings is 1. The average molecular weight is 1050 g/mol. The molecule has 394 valence electrons. The van der Waals surface area contributed by atoms with Gasteiger partial charge in [0.15, 0.2) is 6.61 Å². The maximum absolute atomic E-state index is 14.9. The molecule has 5 aromatic rings. The highest BCUT2D eigenvalue weighted by Gasteiger charge is 2.49. The van der Waals surface area contributed by atoms with Crippen LogP contribution in [0.3, 0.4) is 0 Å². The van der Waals surface area contributed by atoms with Gasteiger partial charge in [-0.15, -0.1) is 22.7 Å². The van der Waals surface area contributed by atoms with Gasteiger partial charge in [0.1, 0.15) is 18.2 Å². The van der Waals surface area contributed by atoms with E-state index in [0.717, 1.165) is 100 Å². The Kier molecular flexibility index (Phi) is 14.0. The second-order valence-corrected chi connectivity index (χ2v) is 24.1. The summed E-state index contributed by atoms with van der Waals surface area (Å²) in [5, 5.41) is 8.29. The van der Waals surface area contributed by atoms with Gasteiger partial charge >= 0.3 is 12.2 Å². The molecule has 1 saturated carbocycles. The van der Waals surface area contributed by atoms with Crippen molar-refractivity contribution in [2.45, 2.75) is 135 Å². The van der Waals surface area contributed by atoms with Crippen LogP contribution in [0.4, 0.5) is 10.5 Å². The number of nitrogens with one attached hydrogen (secondary N) is 2. The number of nitrogens with zero attached hydrogens (tertiary/aromatic N) is 10. The van der Waals surface area contributed by atoms with Gasteiger partial charge in [0.2, 0.25) is 10.8 Å². The number of benzene rings is 1. The Balaban J connectivity index is 0.948. The molecule has 20 heteroatoms. The predicted molar refractivity (Wildman–Crippen MR) is 285 cm³/mol. The standard InChI is InChI=1S/C54H70N12O6S2/c1-8-63-42-16-13-33-23-38(42)45-46(50(71-7)47-39(49(45)63)25-36(27-56-47)62-21-19-61(20-22-62)34-14-15-34)54(4,5)30-72-66(70)43-12-10-18-65(59-43)52(68)40(26-44-57-41(33)29-73-44)58-51(67)48(32(2)3)60(6)53(69)64-17-9-11-35(64)24-37-28-55-31-74-37/h13,16,23,25,27-29,31-32,34-35,40,43,46,48,50,59H,8-12,14-15,17-22,24,26,30H2,1-7H3/p+1/t35-,40+,43-,46?,48+,50+/m1/s1. The third-order valence-electron chi connectivity index (χ3n) is 16.6. The van der Waals surface area contributed by atoms with E-state index in [1.54, 1.807) is 31.0 Å². The Hall–Kier alpha value is -5.54. The van der Waals surface area contributed by atoms with Crippen LogP contribution in [-0.2, 0) is 38.5 Å². The lowest BCUT2D eigenvalue weighted by molar-refractivity contribution is -0.835. The zero-order valence-corrected chi connectivity index (χ0v) is 45.4. The minimum absolute atomic E-state index is 0.00365. The van der Waals surface area contributed by atoms with Gasteiger partial charge in [0, 0.05) is 141 Å². The number of carbonyl (C=O) groups excluding carboxylic acids is 3. The molecule has 8 heterocycles. The van der Waals surface area contributed by atoms with Gasteiger partial charge in [0.25, 0.3) is 5.91 Å². The molecule has 4 amide bonds. The summed E-state index contributed by atoms with van der Waals surface area (Å²) >= 11 is 3.02. The first-order valence-electron chi connectivity index (χ1n) is 26.7. The number of fused-ring (bicyclic) bond motifs is 8. The highest BCUT2D eigenvalue weighted by Crippen LogP contribution is 2.57. The zero-order chi connectivity index (χ0) is 51.6. The van der Waals surface area contributed by atoms with Crippen LogP contribution in [0.2, 0.25) is 0 Å². The molecule has 11 rings (SSSR count). The Labute approximate surface area is 441 Å². The number of thiazole rings is 2. The smallest absolute Gasteiger partial charge is 0.326 e. The number of anilines is 1. The number of hydrazine groups is 1. The molecule has 1 unspecified atom stereocenters. The van der Waals surface area contributed by atoms with Crippen molar-refractivity contribution in [3.8, 4) is 22.5 Å². The summed E-state index contributed by atoms with van der Waals surface area (Å²) in [6, 6.07) is 7.43. The van der Waals surface area contributed by atoms with Gasteiger partial charge in [-0.2, -0.15) is 5.43 Å². The van der Waals surface area contributed by atoms with Crippen LogP contribution >= 0.6 is 22.7 Å². The number of methoxy groups -OCH3 is 1. The zero-order valence-electron chi connectivity index (χ0n) is 43.8. The maximum Gasteiger partial charge on any atom is 0.326 e. The molecule has 6 bridgehead atoms. The average Bonchev–Trinajstić information content (AvgIpc) is 3.71. The lowest BCUT2D eigenvalue weighted by Crippen LogP contribution is -2.62. The van der Waals surface area contributed by atoms with E-state index in [9.17, 15) is 19.3 Å². The lowest BCUT2D eigenvalue weighted by Gasteiger charge is -2.42. The molecule has 1 aromatic carbocycles. The van der Waals surface area contributed by atoms with Crippen LogP contribution < -0.4 is 15.6 Å². The van der Waals surface area contributed by atoms with E-state index in [1.165, 1.54) is 34.1 Å². The van der Waals surface area contributed by atoms with Crippen molar-refractivity contribution in [1.82, 2.24) is 50.0 Å². The number of hydrogen-bond donors (Lipinski definition) is 2. The molecule has 74 heavy (non-hydrogen) atoms. The summed E-state index contributed by atoms with van der Waals surface area (Å²) in [5.41, 5.74) is 12.3. The summed E-state index contributed by atoms with van der Waals surface area (Å²) in [5.74, 6) is -1.40. The van der Waals surface area contributed by atoms with Crippen molar-refractivity contribution >= 4 is 57.1 Å². The van der Waals surface area contributed by atoms with Gasteiger partial charge in [-0.3, -0.25) is 29.5 Å². The Morgan fingerprint density at radius 3 is 2.57 bits per heavy atom. The summed E-state index contributed by atoms with van der Waals surface area (Å²) in [7, 11) is 3.43. The quantitative estimate of drug-likeness (QED) is 0.142. The molecule has 3 saturated heterocycles. The molecule has 0 radical (unpaired) electrons. The van der Waals surface area contributed by atoms with Crippen molar-refractivity contribution in [1.29, 1.82) is 0 Å². The highest BCUT2D eigenvalue weighted by atomic mass is 32.1. The van der Waals surface area contributed by atoms with Crippen LogP contribution in [0.15, 0.2) is 47.5 Å². The maximum atomic E-state index is 14.9. The number of likely N-dealkylation sites (N-methyl/N-ethyl adjacent to an activating group) is 1. The third kappa shape index (κ3) is 9.46. The number of likely N-dealkylation sites (tertiary alicyclic amines) is 1. The fourth-order valence-electron chi connectivity index (χ4n) is 12.6. The molecule has 2 N–H and O–H groups in total. The van der Waals surface area contributed by atoms with E-state index in [4.69, 9.17) is 19.5 Å². The fourth-order valence-corrected chi connectivity index (χ4v) is 14.2. The van der Waals surface area contributed by atoms with Gasteiger partial charge in [-0.1, -0.05) is 33.8 Å². The molecule has 0 spiro atoms. The van der Waals surface area contributed by atoms with Crippen LogP contribution in [0.25, 0.3) is 33.4 Å². The summed E-state index contributed by atoms with van der Waals surface area (Å²) in [6.45, 7) is 15.9. The number of urea groups is 1. The molecule has 4 fully saturated rings. The van der Waals surface area contributed by atoms with Gasteiger partial charge < -0.3 is 29.3 Å². The molecule has 4 aromatic heterocycles. The monoisotopic (exact) mass is 1050 g/mol. The normalized spacial score (nSPS) is 24.7. The van der Waals surface area contributed by atoms with E-state index < -0.39 is 41.6 Å². The number of aryl methyl sites for hydroxylation is 1. The summed E-state index contributed by atoms with van der Waals surface area (Å²) in [4.78, 5) is 89.3. The van der Waals surface area contributed by atoms with Crippen LogP contribution in [-0.4, -0.2) is 152 Å². The van der Waals surface area contributed by atoms with Crippen LogP contribution in [0.1, 0.15) is 106 Å². The molecular weight excluding hydrogens is 977 g/mol. The third-order valence-corrected chi connectivity index (χ3v) is 18.2. The minimum atomic E-state index is -1.07. The number of rotatable bonds is 10. The first kappa shape index (κ1) is 50.6. The van der Waals surface area contributed by atoms with E-state index in [1.807, 2.05) is 36.5 Å². The van der Waals surface area contributed by atoms with Crippen molar-refractivity contribution in [2.75, 3.05) is 64.9 Å². The number of carbonyl (C=O) groups is 3. The van der Waals surface area contributed by atoms with Gasteiger partial charge in [-0.25, -0.2) is 14.6 Å². The molecule has 2 aliphatic carbocycles. The Morgan fingerprint density at radius 2 is 1.84 bits per heavy atom.